The summed E-state index contributed by atoms with van der Waals surface area (Å²) in [4.78, 5) is 44.1. The summed E-state index contributed by atoms with van der Waals surface area (Å²) in [5, 5.41) is 10.5. The molecule has 0 radical (unpaired) electrons. The molecule has 3 rings (SSSR count). The molecular formula is C31H51N4O7+. The average Bonchev–Trinajstić information content (AvgIpc) is 3.54. The number of rotatable bonds is 16. The Morgan fingerprint density at radius 3 is 2.43 bits per heavy atom. The summed E-state index contributed by atoms with van der Waals surface area (Å²) < 4.78 is 17.6. The van der Waals surface area contributed by atoms with Gasteiger partial charge in [-0.3, -0.25) is 19.3 Å². The van der Waals surface area contributed by atoms with Crippen LogP contribution < -0.4 is 14.2 Å². The monoisotopic (exact) mass is 591 g/mol. The molecule has 2 amide bonds. The van der Waals surface area contributed by atoms with Crippen molar-refractivity contribution in [2.45, 2.75) is 57.9 Å². The highest BCUT2D eigenvalue weighted by molar-refractivity contribution is 5.79. The Labute approximate surface area is 250 Å². The number of quaternary nitrogens is 1. The fourth-order valence-electron chi connectivity index (χ4n) is 5.91. The maximum Gasteiger partial charge on any atom is 0.308 e. The molecule has 2 aliphatic heterocycles. The normalized spacial score (nSPS) is 20.0. The number of ether oxygens (including phenoxy) is 3. The van der Waals surface area contributed by atoms with Crippen LogP contribution in [0.3, 0.4) is 0 Å². The molecule has 1 aromatic rings. The fourth-order valence-corrected chi connectivity index (χ4v) is 5.91. The van der Waals surface area contributed by atoms with Gasteiger partial charge in [0, 0.05) is 52.1 Å². The highest BCUT2D eigenvalue weighted by Crippen LogP contribution is 2.47. The minimum absolute atomic E-state index is 0.0201. The van der Waals surface area contributed by atoms with Gasteiger partial charge in [0.05, 0.1) is 47.3 Å². The third kappa shape index (κ3) is 8.73. The van der Waals surface area contributed by atoms with Gasteiger partial charge >= 0.3 is 5.97 Å². The van der Waals surface area contributed by atoms with E-state index in [-0.39, 0.29) is 25.2 Å². The summed E-state index contributed by atoms with van der Waals surface area (Å²) in [6.45, 7) is 7.03. The smallest absolute Gasteiger partial charge is 0.308 e. The van der Waals surface area contributed by atoms with Crippen molar-refractivity contribution in [2.75, 3.05) is 81.4 Å². The largest absolute Gasteiger partial charge is 0.493 e. The molecule has 3 atom stereocenters. The van der Waals surface area contributed by atoms with E-state index in [2.05, 4.69) is 28.1 Å². The lowest BCUT2D eigenvalue weighted by Crippen LogP contribution is -2.46. The van der Waals surface area contributed by atoms with Crippen molar-refractivity contribution in [2.24, 2.45) is 5.92 Å². The molecule has 0 aliphatic carbocycles. The molecule has 2 heterocycles. The van der Waals surface area contributed by atoms with Gasteiger partial charge in [0.1, 0.15) is 0 Å². The lowest BCUT2D eigenvalue weighted by atomic mass is 9.84. The topological polar surface area (TPSA) is 109 Å². The van der Waals surface area contributed by atoms with Crippen LogP contribution in [0.15, 0.2) is 12.1 Å². The van der Waals surface area contributed by atoms with Crippen LogP contribution in [-0.2, 0) is 14.4 Å². The van der Waals surface area contributed by atoms with Crippen LogP contribution >= 0.6 is 0 Å². The summed E-state index contributed by atoms with van der Waals surface area (Å²) in [5.41, 5.74) is 0.770. The second-order valence-corrected chi connectivity index (χ2v) is 12.6. The number of hydrogen-bond donors (Lipinski definition) is 1. The van der Waals surface area contributed by atoms with E-state index in [4.69, 9.17) is 14.2 Å². The van der Waals surface area contributed by atoms with Crippen molar-refractivity contribution >= 4 is 17.8 Å². The van der Waals surface area contributed by atoms with Crippen molar-refractivity contribution in [3.05, 3.63) is 17.7 Å². The van der Waals surface area contributed by atoms with Gasteiger partial charge in [-0.1, -0.05) is 13.3 Å². The van der Waals surface area contributed by atoms with Gasteiger partial charge in [-0.25, -0.2) is 0 Å². The van der Waals surface area contributed by atoms with Gasteiger partial charge in [-0.2, -0.15) is 0 Å². The standard InChI is InChI=1S/C31H50N4O7/c1-8-9-13-33(14-10-11-16-35(4,5)6)28(37)20-34-19-24(23-17-26(40-7)30-27(18-23)41-21-42-30)29(31(38)39)25(34)12-15-32(3)22(2)36/h17-18,24-25,29H,8-16,19-21H2,1-7H3/p+1/t24-,25+,29-/m1/s1. The number of benzene rings is 1. The zero-order chi connectivity index (χ0) is 31.0. The number of carboxylic acid groups (broad SMARTS) is 1. The van der Waals surface area contributed by atoms with Gasteiger partial charge in [-0.15, -0.1) is 0 Å². The Hall–Kier alpha value is -3.05. The maximum absolute atomic E-state index is 13.8. The molecule has 1 aromatic carbocycles. The van der Waals surface area contributed by atoms with Crippen molar-refractivity contribution < 1.29 is 38.2 Å². The van der Waals surface area contributed by atoms with Crippen molar-refractivity contribution in [1.82, 2.24) is 14.7 Å². The Bertz CT molecular complexity index is 1090. The van der Waals surface area contributed by atoms with E-state index in [1.165, 1.54) is 6.92 Å². The first-order chi connectivity index (χ1) is 19.9. The molecule has 42 heavy (non-hydrogen) atoms. The molecular weight excluding hydrogens is 540 g/mol. The summed E-state index contributed by atoms with van der Waals surface area (Å²) in [7, 11) is 9.76. The van der Waals surface area contributed by atoms with Crippen LogP contribution in [0.5, 0.6) is 17.2 Å². The second kappa shape index (κ2) is 14.9. The number of carbonyl (C=O) groups excluding carboxylic acids is 2. The third-order valence-electron chi connectivity index (χ3n) is 8.42. The van der Waals surface area contributed by atoms with E-state index >= 15 is 0 Å². The van der Waals surface area contributed by atoms with Crippen LogP contribution in [-0.4, -0.2) is 129 Å². The van der Waals surface area contributed by atoms with Crippen molar-refractivity contribution in [3.63, 3.8) is 0 Å². The number of carboxylic acids is 1. The SMILES string of the molecule is CCCCN(CCCC[N+](C)(C)C)C(=O)CN1C[C@H](c2cc(OC)c3c(c2)OCO3)[C@@H](C(=O)O)[C@@H]1CCN(C)C(C)=O. The van der Waals surface area contributed by atoms with Crippen LogP contribution in [0.25, 0.3) is 0 Å². The van der Waals surface area contributed by atoms with E-state index in [0.29, 0.717) is 49.8 Å². The molecule has 0 spiro atoms. The minimum atomic E-state index is -0.926. The molecule has 236 valence electrons. The zero-order valence-electron chi connectivity index (χ0n) is 26.6. The number of carbonyl (C=O) groups is 3. The average molecular weight is 592 g/mol. The number of unbranched alkanes of at least 4 members (excludes halogenated alkanes) is 2. The quantitative estimate of drug-likeness (QED) is 0.231. The molecule has 0 unspecified atom stereocenters. The van der Waals surface area contributed by atoms with Gasteiger partial charge in [-0.05, 0) is 43.4 Å². The van der Waals surface area contributed by atoms with Crippen LogP contribution in [0.1, 0.15) is 57.4 Å². The highest BCUT2D eigenvalue weighted by Gasteiger charge is 2.47. The molecule has 11 heteroatoms. The van der Waals surface area contributed by atoms with E-state index in [1.807, 2.05) is 21.9 Å². The highest BCUT2D eigenvalue weighted by atomic mass is 16.7. The van der Waals surface area contributed by atoms with Gasteiger partial charge in [0.25, 0.3) is 0 Å². The van der Waals surface area contributed by atoms with Crippen molar-refractivity contribution in [1.29, 1.82) is 0 Å². The van der Waals surface area contributed by atoms with Gasteiger partial charge in [0.15, 0.2) is 11.5 Å². The summed E-state index contributed by atoms with van der Waals surface area (Å²) >= 11 is 0. The van der Waals surface area contributed by atoms with Crippen molar-refractivity contribution in [3.8, 4) is 17.2 Å². The molecule has 11 nitrogen and oxygen atoms in total. The lowest BCUT2D eigenvalue weighted by Gasteiger charge is -2.31. The summed E-state index contributed by atoms with van der Waals surface area (Å²) in [5.74, 6) is -0.649. The zero-order valence-corrected chi connectivity index (χ0v) is 26.6. The Morgan fingerprint density at radius 2 is 1.81 bits per heavy atom. The number of fused-ring (bicyclic) bond motifs is 1. The minimum Gasteiger partial charge on any atom is -0.493 e. The van der Waals surface area contributed by atoms with Crippen LogP contribution in [0.4, 0.5) is 0 Å². The Balaban J connectivity index is 1.87. The van der Waals surface area contributed by atoms with Crippen LogP contribution in [0.2, 0.25) is 0 Å². The first-order valence-corrected chi connectivity index (χ1v) is 15.1. The molecule has 1 fully saturated rings. The van der Waals surface area contributed by atoms with Gasteiger partial charge in [0.2, 0.25) is 24.4 Å². The molecule has 0 bridgehead atoms. The molecule has 1 N–H and O–H groups in total. The predicted molar refractivity (Wildman–Crippen MR) is 160 cm³/mol. The maximum atomic E-state index is 13.8. The van der Waals surface area contributed by atoms with E-state index < -0.39 is 23.8 Å². The summed E-state index contributed by atoms with van der Waals surface area (Å²) in [6, 6.07) is 3.22. The number of likely N-dealkylation sites (tertiary alicyclic amines) is 1. The van der Waals surface area contributed by atoms with E-state index in [1.54, 1.807) is 19.1 Å². The first-order valence-electron chi connectivity index (χ1n) is 15.1. The number of amides is 2. The number of aliphatic carboxylic acids is 1. The number of hydrogen-bond acceptors (Lipinski definition) is 7. The molecule has 2 aliphatic rings. The summed E-state index contributed by atoms with van der Waals surface area (Å²) in [6.07, 6.45) is 4.30. The van der Waals surface area contributed by atoms with E-state index in [0.717, 1.165) is 42.3 Å². The Kier molecular flexibility index (Phi) is 11.9. The van der Waals surface area contributed by atoms with Gasteiger partial charge < -0.3 is 33.6 Å². The van der Waals surface area contributed by atoms with Crippen LogP contribution in [0, 0.1) is 5.92 Å². The third-order valence-corrected chi connectivity index (χ3v) is 8.42. The predicted octanol–water partition coefficient (Wildman–Crippen LogP) is 2.88. The fraction of sp³-hybridized carbons (Fsp3) is 0.710. The first kappa shape index (κ1) is 33.5. The lowest BCUT2D eigenvalue weighted by molar-refractivity contribution is -0.870. The molecule has 0 saturated carbocycles. The molecule has 1 saturated heterocycles. The van der Waals surface area contributed by atoms with E-state index in [9.17, 15) is 19.5 Å². The number of methoxy groups -OCH3 is 1. The Morgan fingerprint density at radius 1 is 1.10 bits per heavy atom. The number of nitrogens with zero attached hydrogens (tertiary/aromatic N) is 4. The molecule has 0 aromatic heterocycles. The second-order valence-electron chi connectivity index (χ2n) is 12.6.